The summed E-state index contributed by atoms with van der Waals surface area (Å²) in [6.45, 7) is 0.701. The summed E-state index contributed by atoms with van der Waals surface area (Å²) in [4.78, 5) is 0. The lowest BCUT2D eigenvalue weighted by molar-refractivity contribution is 0.432. The molecular formula is C17H18ClN. The molecule has 0 saturated heterocycles. The average molecular weight is 272 g/mol. The number of halogens is 1. The molecule has 0 amide bonds. The zero-order valence-electron chi connectivity index (χ0n) is 10.9. The largest absolute Gasteiger partial charge is 0.330 e. The standard InChI is InChI=1S/C17H18ClN/c18-15-7-5-13(6-8-15)11-17(12-19)10-9-14-3-1-2-4-16(14)17/h1-8H,9-12,19H2. The smallest absolute Gasteiger partial charge is 0.0406 e. The lowest BCUT2D eigenvalue weighted by Gasteiger charge is -2.29. The fraction of sp³-hybridized carbons (Fsp3) is 0.294. The molecule has 0 saturated carbocycles. The van der Waals surface area contributed by atoms with E-state index in [1.54, 1.807) is 0 Å². The predicted molar refractivity (Wildman–Crippen MR) is 80.7 cm³/mol. The van der Waals surface area contributed by atoms with Gasteiger partial charge < -0.3 is 5.73 Å². The molecule has 98 valence electrons. The summed E-state index contributed by atoms with van der Waals surface area (Å²) in [5, 5.41) is 0.789. The molecule has 0 heterocycles. The second kappa shape index (κ2) is 4.99. The Morgan fingerprint density at radius 1 is 1.05 bits per heavy atom. The van der Waals surface area contributed by atoms with Gasteiger partial charge in [-0.2, -0.15) is 0 Å². The molecule has 0 aromatic heterocycles. The molecule has 2 aromatic rings. The van der Waals surface area contributed by atoms with Crippen molar-refractivity contribution in [2.45, 2.75) is 24.7 Å². The second-order valence-electron chi connectivity index (χ2n) is 5.44. The van der Waals surface area contributed by atoms with Gasteiger partial charge in [0.1, 0.15) is 0 Å². The van der Waals surface area contributed by atoms with E-state index in [9.17, 15) is 0 Å². The van der Waals surface area contributed by atoms with Crippen LogP contribution in [0.15, 0.2) is 48.5 Å². The normalized spacial score (nSPS) is 21.4. The van der Waals surface area contributed by atoms with Crippen molar-refractivity contribution in [3.8, 4) is 0 Å². The van der Waals surface area contributed by atoms with Crippen molar-refractivity contribution in [3.05, 3.63) is 70.2 Å². The van der Waals surface area contributed by atoms with Gasteiger partial charge >= 0.3 is 0 Å². The molecule has 0 spiro atoms. The molecule has 19 heavy (non-hydrogen) atoms. The zero-order valence-corrected chi connectivity index (χ0v) is 11.7. The molecule has 3 rings (SSSR count). The van der Waals surface area contributed by atoms with E-state index >= 15 is 0 Å². The van der Waals surface area contributed by atoms with Gasteiger partial charge in [-0.1, -0.05) is 48.0 Å². The summed E-state index contributed by atoms with van der Waals surface area (Å²) < 4.78 is 0. The van der Waals surface area contributed by atoms with E-state index < -0.39 is 0 Å². The van der Waals surface area contributed by atoms with Crippen molar-refractivity contribution in [1.82, 2.24) is 0 Å². The van der Waals surface area contributed by atoms with Crippen molar-refractivity contribution in [2.75, 3.05) is 6.54 Å². The van der Waals surface area contributed by atoms with Gasteiger partial charge in [0.05, 0.1) is 0 Å². The van der Waals surface area contributed by atoms with Crippen LogP contribution in [-0.2, 0) is 18.3 Å². The number of hydrogen-bond acceptors (Lipinski definition) is 1. The van der Waals surface area contributed by atoms with Crippen LogP contribution in [0.25, 0.3) is 0 Å². The molecule has 2 heteroatoms. The molecule has 0 aliphatic heterocycles. The first-order valence-corrected chi connectivity index (χ1v) is 7.14. The Balaban J connectivity index is 1.95. The minimum Gasteiger partial charge on any atom is -0.330 e. The summed E-state index contributed by atoms with van der Waals surface area (Å²) >= 11 is 5.95. The van der Waals surface area contributed by atoms with Gasteiger partial charge in [-0.15, -0.1) is 0 Å². The Hall–Kier alpha value is -1.31. The molecule has 1 atom stereocenters. The van der Waals surface area contributed by atoms with Crippen LogP contribution in [0, 0.1) is 0 Å². The van der Waals surface area contributed by atoms with Crippen LogP contribution in [0.4, 0.5) is 0 Å². The third kappa shape index (κ3) is 2.29. The van der Waals surface area contributed by atoms with Gasteiger partial charge in [-0.3, -0.25) is 0 Å². The number of hydrogen-bond donors (Lipinski definition) is 1. The van der Waals surface area contributed by atoms with Crippen LogP contribution >= 0.6 is 11.6 Å². The molecule has 2 N–H and O–H groups in total. The van der Waals surface area contributed by atoms with E-state index in [-0.39, 0.29) is 5.41 Å². The van der Waals surface area contributed by atoms with Crippen LogP contribution < -0.4 is 5.73 Å². The van der Waals surface area contributed by atoms with Gasteiger partial charge in [0.2, 0.25) is 0 Å². The van der Waals surface area contributed by atoms with Crippen LogP contribution in [0.2, 0.25) is 5.02 Å². The Morgan fingerprint density at radius 2 is 1.79 bits per heavy atom. The zero-order chi connectivity index (χ0) is 13.3. The van der Waals surface area contributed by atoms with Crippen molar-refractivity contribution >= 4 is 11.6 Å². The van der Waals surface area contributed by atoms with E-state index in [4.69, 9.17) is 17.3 Å². The van der Waals surface area contributed by atoms with E-state index in [0.29, 0.717) is 6.54 Å². The van der Waals surface area contributed by atoms with Gasteiger partial charge in [-0.05, 0) is 48.1 Å². The highest BCUT2D eigenvalue weighted by atomic mass is 35.5. The minimum atomic E-state index is 0.102. The molecule has 2 aromatic carbocycles. The van der Waals surface area contributed by atoms with E-state index in [2.05, 4.69) is 36.4 Å². The van der Waals surface area contributed by atoms with Gasteiger partial charge in [0, 0.05) is 17.0 Å². The number of fused-ring (bicyclic) bond motifs is 1. The molecule has 1 nitrogen and oxygen atoms in total. The number of nitrogens with two attached hydrogens (primary N) is 1. The SMILES string of the molecule is NCC1(Cc2ccc(Cl)cc2)CCc2ccccc21. The summed E-state index contributed by atoms with van der Waals surface area (Å²) in [7, 11) is 0. The van der Waals surface area contributed by atoms with E-state index in [0.717, 1.165) is 24.3 Å². The van der Waals surface area contributed by atoms with Crippen molar-refractivity contribution < 1.29 is 0 Å². The summed E-state index contributed by atoms with van der Waals surface area (Å²) in [5.41, 5.74) is 10.4. The van der Waals surface area contributed by atoms with Crippen molar-refractivity contribution in [1.29, 1.82) is 0 Å². The first kappa shape index (κ1) is 12.7. The molecule has 0 fully saturated rings. The molecule has 1 unspecified atom stereocenters. The maximum absolute atomic E-state index is 6.14. The average Bonchev–Trinajstić information content (AvgIpc) is 2.81. The van der Waals surface area contributed by atoms with Gasteiger partial charge in [0.25, 0.3) is 0 Å². The maximum atomic E-state index is 6.14. The Bertz CT molecular complexity index is 576. The predicted octanol–water partition coefficient (Wildman–Crippen LogP) is 3.73. The van der Waals surface area contributed by atoms with Crippen LogP contribution in [0.1, 0.15) is 23.1 Å². The highest BCUT2D eigenvalue weighted by molar-refractivity contribution is 6.30. The van der Waals surface area contributed by atoms with Crippen molar-refractivity contribution in [3.63, 3.8) is 0 Å². The van der Waals surface area contributed by atoms with Crippen LogP contribution in [0.5, 0.6) is 0 Å². The second-order valence-corrected chi connectivity index (χ2v) is 5.88. The van der Waals surface area contributed by atoms with E-state index in [1.807, 2.05) is 12.1 Å². The molecule has 1 aliphatic carbocycles. The molecule has 0 bridgehead atoms. The summed E-state index contributed by atoms with van der Waals surface area (Å²) in [6, 6.07) is 16.9. The highest BCUT2D eigenvalue weighted by Gasteiger charge is 2.37. The van der Waals surface area contributed by atoms with Crippen LogP contribution in [0.3, 0.4) is 0 Å². The monoisotopic (exact) mass is 271 g/mol. The number of aryl methyl sites for hydroxylation is 1. The first-order valence-electron chi connectivity index (χ1n) is 6.76. The quantitative estimate of drug-likeness (QED) is 0.905. The molecular weight excluding hydrogens is 254 g/mol. The highest BCUT2D eigenvalue weighted by Crippen LogP contribution is 2.40. The Kier molecular flexibility index (Phi) is 3.34. The topological polar surface area (TPSA) is 26.0 Å². The maximum Gasteiger partial charge on any atom is 0.0406 e. The summed E-state index contributed by atoms with van der Waals surface area (Å²) in [6.07, 6.45) is 3.28. The van der Waals surface area contributed by atoms with Gasteiger partial charge in [-0.25, -0.2) is 0 Å². The van der Waals surface area contributed by atoms with Gasteiger partial charge in [0.15, 0.2) is 0 Å². The number of benzene rings is 2. The first-order chi connectivity index (χ1) is 9.23. The lowest BCUT2D eigenvalue weighted by atomic mass is 9.77. The fourth-order valence-corrected chi connectivity index (χ4v) is 3.35. The van der Waals surface area contributed by atoms with E-state index in [1.165, 1.54) is 16.7 Å². The molecule has 0 radical (unpaired) electrons. The Morgan fingerprint density at radius 3 is 2.53 bits per heavy atom. The lowest BCUT2D eigenvalue weighted by Crippen LogP contribution is -2.35. The third-order valence-corrected chi connectivity index (χ3v) is 4.56. The van der Waals surface area contributed by atoms with Crippen LogP contribution in [-0.4, -0.2) is 6.54 Å². The minimum absolute atomic E-state index is 0.102. The third-order valence-electron chi connectivity index (χ3n) is 4.31. The Labute approximate surface area is 119 Å². The fourth-order valence-electron chi connectivity index (χ4n) is 3.23. The van der Waals surface area contributed by atoms with Crippen molar-refractivity contribution in [2.24, 2.45) is 5.73 Å². The summed E-state index contributed by atoms with van der Waals surface area (Å²) in [5.74, 6) is 0. The number of rotatable bonds is 3. The molecule has 1 aliphatic rings.